The van der Waals surface area contributed by atoms with Gasteiger partial charge in [-0.15, -0.1) is 11.3 Å². The molecule has 2 aromatic carbocycles. The Bertz CT molecular complexity index is 1740. The van der Waals surface area contributed by atoms with Gasteiger partial charge in [-0.2, -0.15) is 0 Å². The lowest BCUT2D eigenvalue weighted by Gasteiger charge is -2.31. The lowest BCUT2D eigenvalue weighted by atomic mass is 10.1. The Morgan fingerprint density at radius 2 is 1.77 bits per heavy atom. The van der Waals surface area contributed by atoms with E-state index in [0.29, 0.717) is 12.5 Å². The summed E-state index contributed by atoms with van der Waals surface area (Å²) in [6, 6.07) is 18.1. The van der Waals surface area contributed by atoms with Gasteiger partial charge in [0.2, 0.25) is 11.9 Å². The number of nitrogens with zero attached hydrogens (tertiary/aromatic N) is 7. The highest BCUT2D eigenvalue weighted by Crippen LogP contribution is 2.35. The molecule has 7 rings (SSSR count). The molecule has 0 atom stereocenters. The number of likely N-dealkylation sites (N-methyl/N-ethyl adjacent to an activating group) is 1. The zero-order valence-electron chi connectivity index (χ0n) is 24.6. The van der Waals surface area contributed by atoms with Gasteiger partial charge in [-0.3, -0.25) is 14.1 Å². The number of imidazole rings is 1. The van der Waals surface area contributed by atoms with Gasteiger partial charge in [-0.25, -0.2) is 15.0 Å². The number of aromatic nitrogens is 4. The molecule has 5 heterocycles. The van der Waals surface area contributed by atoms with E-state index in [0.717, 1.165) is 91.5 Å². The van der Waals surface area contributed by atoms with Gasteiger partial charge in [0.25, 0.3) is 0 Å². The van der Waals surface area contributed by atoms with Gasteiger partial charge < -0.3 is 25.2 Å². The number of benzene rings is 2. The summed E-state index contributed by atoms with van der Waals surface area (Å²) in [7, 11) is 2.11. The summed E-state index contributed by atoms with van der Waals surface area (Å²) in [6.45, 7) is 7.44. The first-order valence-electron chi connectivity index (χ1n) is 14.9. The summed E-state index contributed by atoms with van der Waals surface area (Å²) in [5.74, 6) is 0.491. The second-order valence-corrected chi connectivity index (χ2v) is 12.0. The topological polar surface area (TPSA) is 103 Å². The number of hydrogen-bond donors (Lipinski definition) is 2. The molecule has 2 N–H and O–H groups in total. The van der Waals surface area contributed by atoms with Crippen LogP contribution in [0.3, 0.4) is 0 Å². The fourth-order valence-electron chi connectivity index (χ4n) is 5.64. The zero-order valence-corrected chi connectivity index (χ0v) is 25.5. The summed E-state index contributed by atoms with van der Waals surface area (Å²) < 4.78 is 7.54. The molecule has 1 amide bonds. The van der Waals surface area contributed by atoms with Crippen molar-refractivity contribution in [2.45, 2.75) is 0 Å². The summed E-state index contributed by atoms with van der Waals surface area (Å²) >= 11 is 1.57. The molecule has 12 heteroatoms. The van der Waals surface area contributed by atoms with Crippen LogP contribution in [0, 0.1) is 0 Å². The zero-order chi connectivity index (χ0) is 29.9. The third-order valence-corrected chi connectivity index (χ3v) is 8.80. The summed E-state index contributed by atoms with van der Waals surface area (Å²) in [5.41, 5.74) is 6.15. The van der Waals surface area contributed by atoms with Gasteiger partial charge in [-0.1, -0.05) is 12.1 Å². The highest BCUT2D eigenvalue weighted by Gasteiger charge is 2.20. The van der Waals surface area contributed by atoms with Gasteiger partial charge >= 0.3 is 0 Å². The van der Waals surface area contributed by atoms with E-state index in [1.165, 1.54) is 5.69 Å². The van der Waals surface area contributed by atoms with Gasteiger partial charge in [0.15, 0.2) is 4.96 Å². The van der Waals surface area contributed by atoms with E-state index in [1.54, 1.807) is 17.5 Å². The minimum atomic E-state index is -0.0118. The highest BCUT2D eigenvalue weighted by molar-refractivity contribution is 7.15. The van der Waals surface area contributed by atoms with E-state index in [1.807, 2.05) is 54.0 Å². The molecule has 0 bridgehead atoms. The number of piperazine rings is 1. The Kier molecular flexibility index (Phi) is 8.20. The van der Waals surface area contributed by atoms with Gasteiger partial charge in [-0.05, 0) is 49.5 Å². The van der Waals surface area contributed by atoms with Crippen molar-refractivity contribution in [3.63, 3.8) is 0 Å². The molecule has 2 aliphatic heterocycles. The monoisotopic (exact) mass is 609 g/mol. The van der Waals surface area contributed by atoms with Crippen LogP contribution < -0.4 is 15.5 Å². The molecule has 0 unspecified atom stereocenters. The maximum Gasteiger partial charge on any atom is 0.238 e. The Morgan fingerprint density at radius 1 is 0.955 bits per heavy atom. The molecule has 5 aromatic rings. The number of ether oxygens (including phenoxy) is 1. The fraction of sp³-hybridized carbons (Fsp3) is 0.312. The number of thiazole rings is 1. The molecule has 2 fully saturated rings. The second-order valence-electron chi connectivity index (χ2n) is 11.1. The van der Waals surface area contributed by atoms with Crippen molar-refractivity contribution in [1.82, 2.24) is 29.2 Å². The average molecular weight is 610 g/mol. The van der Waals surface area contributed by atoms with Crippen LogP contribution >= 0.6 is 11.3 Å². The number of fused-ring (bicyclic) bond motifs is 1. The first-order valence-corrected chi connectivity index (χ1v) is 15.8. The molecule has 3 aromatic heterocycles. The van der Waals surface area contributed by atoms with Crippen molar-refractivity contribution in [2.75, 3.05) is 81.6 Å². The van der Waals surface area contributed by atoms with Crippen LogP contribution in [0.2, 0.25) is 0 Å². The number of hydrogen-bond acceptors (Lipinski definition) is 10. The molecule has 0 spiro atoms. The molecule has 0 aliphatic carbocycles. The molecule has 44 heavy (non-hydrogen) atoms. The summed E-state index contributed by atoms with van der Waals surface area (Å²) in [5, 5.41) is 8.46. The van der Waals surface area contributed by atoms with E-state index >= 15 is 0 Å². The van der Waals surface area contributed by atoms with E-state index in [-0.39, 0.29) is 5.91 Å². The van der Waals surface area contributed by atoms with Crippen molar-refractivity contribution in [2.24, 2.45) is 0 Å². The molecule has 226 valence electrons. The predicted molar refractivity (Wildman–Crippen MR) is 175 cm³/mol. The summed E-state index contributed by atoms with van der Waals surface area (Å²) in [4.78, 5) is 34.9. The van der Waals surface area contributed by atoms with Crippen LogP contribution in [0.1, 0.15) is 0 Å². The van der Waals surface area contributed by atoms with Crippen LogP contribution in [0.25, 0.3) is 27.6 Å². The van der Waals surface area contributed by atoms with Crippen LogP contribution in [-0.4, -0.2) is 101 Å². The highest BCUT2D eigenvalue weighted by atomic mass is 32.1. The standard InChI is InChI=1S/C32H35N9O2S/c1-38-11-13-39(14-12-38)22-28(42)34-25-4-2-3-23(21-25)29-30(41-17-20-44-32(41)37-29)27-9-10-33-31(36-27)35-24-5-7-26(8-6-24)40-15-18-43-19-16-40/h2-10,17,20-21H,11-16,18-19,22H2,1H3,(H,34,42)(H,33,35,36). The number of amides is 1. The first kappa shape index (κ1) is 28.4. The van der Waals surface area contributed by atoms with E-state index < -0.39 is 0 Å². The number of morpholine rings is 1. The minimum absolute atomic E-state index is 0.0118. The normalized spacial score (nSPS) is 16.3. The second kappa shape index (κ2) is 12.7. The fourth-order valence-corrected chi connectivity index (χ4v) is 6.36. The Balaban J connectivity index is 1.11. The van der Waals surface area contributed by atoms with Crippen molar-refractivity contribution in [1.29, 1.82) is 0 Å². The van der Waals surface area contributed by atoms with E-state index in [9.17, 15) is 4.79 Å². The Hall–Kier alpha value is -4.36. The van der Waals surface area contributed by atoms with Crippen LogP contribution in [0.5, 0.6) is 0 Å². The predicted octanol–water partition coefficient (Wildman–Crippen LogP) is 4.29. The minimum Gasteiger partial charge on any atom is -0.378 e. The molecule has 0 saturated carbocycles. The Labute approximate surface area is 260 Å². The smallest absolute Gasteiger partial charge is 0.238 e. The number of nitrogens with one attached hydrogen (secondary N) is 2. The third kappa shape index (κ3) is 6.29. The number of carbonyl (C=O) groups is 1. The van der Waals surface area contributed by atoms with Crippen molar-refractivity contribution >= 4 is 45.2 Å². The largest absolute Gasteiger partial charge is 0.378 e. The lowest BCUT2D eigenvalue weighted by Crippen LogP contribution is -2.47. The summed E-state index contributed by atoms with van der Waals surface area (Å²) in [6.07, 6.45) is 3.77. The Morgan fingerprint density at radius 3 is 2.59 bits per heavy atom. The lowest BCUT2D eigenvalue weighted by molar-refractivity contribution is -0.117. The van der Waals surface area contributed by atoms with Gasteiger partial charge in [0.05, 0.1) is 31.1 Å². The van der Waals surface area contributed by atoms with E-state index in [4.69, 9.17) is 14.7 Å². The molecule has 2 aliphatic rings. The van der Waals surface area contributed by atoms with Crippen LogP contribution in [0.4, 0.5) is 23.0 Å². The maximum atomic E-state index is 12.9. The number of carbonyl (C=O) groups excluding carboxylic acids is 1. The molecular formula is C32H35N9O2S. The van der Waals surface area contributed by atoms with Crippen molar-refractivity contribution in [3.8, 4) is 22.6 Å². The van der Waals surface area contributed by atoms with E-state index in [2.05, 4.69) is 53.9 Å². The van der Waals surface area contributed by atoms with Crippen molar-refractivity contribution < 1.29 is 9.53 Å². The quantitative estimate of drug-likeness (QED) is 0.267. The molecular weight excluding hydrogens is 574 g/mol. The average Bonchev–Trinajstić information content (AvgIpc) is 3.65. The molecule has 2 saturated heterocycles. The first-order chi connectivity index (χ1) is 21.6. The van der Waals surface area contributed by atoms with Gasteiger partial charge in [0, 0.05) is 79.7 Å². The SMILES string of the molecule is CN1CCN(CC(=O)Nc2cccc(-c3nc4sccn4c3-c3ccnc(Nc4ccc(N5CCOCC5)cc4)n3)c2)CC1. The maximum absolute atomic E-state index is 12.9. The van der Waals surface area contributed by atoms with Gasteiger partial charge in [0.1, 0.15) is 5.69 Å². The van der Waals surface area contributed by atoms with Crippen molar-refractivity contribution in [3.05, 3.63) is 72.4 Å². The number of anilines is 4. The molecule has 0 radical (unpaired) electrons. The van der Waals surface area contributed by atoms with Crippen LogP contribution in [-0.2, 0) is 9.53 Å². The third-order valence-electron chi connectivity index (χ3n) is 8.04. The van der Waals surface area contributed by atoms with Crippen LogP contribution in [0.15, 0.2) is 72.4 Å². The number of rotatable bonds is 8. The molecule has 11 nitrogen and oxygen atoms in total.